The van der Waals surface area contributed by atoms with Gasteiger partial charge in [0.2, 0.25) is 0 Å². The molecular weight excluding hydrogens is 260 g/mol. The summed E-state index contributed by atoms with van der Waals surface area (Å²) in [6.07, 6.45) is 2.48. The van der Waals surface area contributed by atoms with E-state index in [0.29, 0.717) is 6.04 Å². The predicted octanol–water partition coefficient (Wildman–Crippen LogP) is 2.91. The van der Waals surface area contributed by atoms with Crippen LogP contribution in [0.5, 0.6) is 0 Å². The van der Waals surface area contributed by atoms with Crippen LogP contribution in [0.2, 0.25) is 0 Å². The Balaban J connectivity index is 2.12. The first-order valence-electron chi connectivity index (χ1n) is 6.02. The zero-order valence-corrected chi connectivity index (χ0v) is 11.7. The van der Waals surface area contributed by atoms with Crippen LogP contribution in [-0.4, -0.2) is 29.1 Å². The quantitative estimate of drug-likeness (QED) is 0.912. The van der Waals surface area contributed by atoms with E-state index in [1.807, 2.05) is 19.2 Å². The molecule has 0 spiro atoms. The van der Waals surface area contributed by atoms with Crippen molar-refractivity contribution in [3.63, 3.8) is 0 Å². The third-order valence-electron chi connectivity index (χ3n) is 3.11. The molecule has 0 bridgehead atoms. The van der Waals surface area contributed by atoms with Crippen molar-refractivity contribution in [1.82, 2.24) is 4.98 Å². The Kier molecular flexibility index (Phi) is 4.16. The number of aromatic nitrogens is 1. The van der Waals surface area contributed by atoms with Gasteiger partial charge in [-0.1, -0.05) is 6.07 Å². The van der Waals surface area contributed by atoms with E-state index in [-0.39, 0.29) is 5.69 Å². The van der Waals surface area contributed by atoms with E-state index in [9.17, 15) is 4.79 Å². The molecule has 5 heteroatoms. The molecule has 0 saturated heterocycles. The molecule has 2 rings (SSSR count). The molecule has 1 unspecified atom stereocenters. The molecule has 0 amide bonds. The van der Waals surface area contributed by atoms with Crippen LogP contribution in [0.4, 0.5) is 5.69 Å². The van der Waals surface area contributed by atoms with Crippen LogP contribution in [0.25, 0.3) is 0 Å². The summed E-state index contributed by atoms with van der Waals surface area (Å²) in [7, 11) is 1.97. The van der Waals surface area contributed by atoms with Crippen molar-refractivity contribution < 1.29 is 9.90 Å². The Morgan fingerprint density at radius 1 is 1.53 bits per heavy atom. The molecule has 2 aromatic rings. The monoisotopic (exact) mass is 276 g/mol. The van der Waals surface area contributed by atoms with Crippen molar-refractivity contribution in [3.05, 3.63) is 46.4 Å². The number of carboxylic acids is 1. The summed E-state index contributed by atoms with van der Waals surface area (Å²) < 4.78 is 0. The zero-order chi connectivity index (χ0) is 13.8. The lowest BCUT2D eigenvalue weighted by molar-refractivity contribution is 0.0690. The first-order valence-corrected chi connectivity index (χ1v) is 6.90. The Labute approximate surface area is 116 Å². The third kappa shape index (κ3) is 3.32. The van der Waals surface area contributed by atoms with Crippen LogP contribution in [0.1, 0.15) is 22.3 Å². The van der Waals surface area contributed by atoms with Crippen LogP contribution < -0.4 is 4.90 Å². The first-order chi connectivity index (χ1) is 9.08. The number of nitrogens with zero attached hydrogens (tertiary/aromatic N) is 2. The molecule has 0 aliphatic carbocycles. The van der Waals surface area contributed by atoms with Gasteiger partial charge in [0, 0.05) is 36.3 Å². The Hall–Kier alpha value is -1.88. The van der Waals surface area contributed by atoms with Crippen LogP contribution in [0.15, 0.2) is 35.8 Å². The molecule has 0 aromatic carbocycles. The molecule has 0 fully saturated rings. The van der Waals surface area contributed by atoms with Crippen molar-refractivity contribution in [2.75, 3.05) is 11.9 Å². The number of pyridine rings is 1. The van der Waals surface area contributed by atoms with Gasteiger partial charge in [-0.3, -0.25) is 0 Å². The molecule has 0 saturated carbocycles. The molecule has 0 aliphatic heterocycles. The molecule has 1 N–H and O–H groups in total. The number of aromatic carboxylic acids is 1. The molecule has 2 aromatic heterocycles. The van der Waals surface area contributed by atoms with E-state index < -0.39 is 5.97 Å². The number of carboxylic acid groups (broad SMARTS) is 1. The SMILES string of the molecule is CC(Cc1cccs1)N(C)c1ccnc(C(=O)O)c1. The fourth-order valence-corrected chi connectivity index (χ4v) is 2.69. The Morgan fingerprint density at radius 2 is 2.32 bits per heavy atom. The zero-order valence-electron chi connectivity index (χ0n) is 10.9. The van der Waals surface area contributed by atoms with E-state index in [0.717, 1.165) is 12.1 Å². The molecule has 0 radical (unpaired) electrons. The maximum atomic E-state index is 10.9. The van der Waals surface area contributed by atoms with Gasteiger partial charge in [-0.15, -0.1) is 11.3 Å². The van der Waals surface area contributed by atoms with E-state index in [2.05, 4.69) is 28.3 Å². The molecule has 19 heavy (non-hydrogen) atoms. The fourth-order valence-electron chi connectivity index (χ4n) is 1.87. The maximum Gasteiger partial charge on any atom is 0.354 e. The summed E-state index contributed by atoms with van der Waals surface area (Å²) in [5, 5.41) is 11.0. The second-order valence-electron chi connectivity index (χ2n) is 4.45. The van der Waals surface area contributed by atoms with Gasteiger partial charge in [-0.2, -0.15) is 0 Å². The number of likely N-dealkylation sites (N-methyl/N-ethyl adjacent to an activating group) is 1. The molecule has 1 atom stereocenters. The van der Waals surface area contributed by atoms with Crippen LogP contribution >= 0.6 is 11.3 Å². The minimum atomic E-state index is -0.999. The average Bonchev–Trinajstić information content (AvgIpc) is 2.90. The van der Waals surface area contributed by atoms with E-state index in [1.165, 1.54) is 11.1 Å². The second-order valence-corrected chi connectivity index (χ2v) is 5.48. The molecule has 0 aliphatic rings. The number of rotatable bonds is 5. The van der Waals surface area contributed by atoms with Gasteiger partial charge in [0.1, 0.15) is 5.69 Å². The molecule has 100 valence electrons. The van der Waals surface area contributed by atoms with Gasteiger partial charge in [-0.05, 0) is 30.5 Å². The van der Waals surface area contributed by atoms with E-state index in [4.69, 9.17) is 5.11 Å². The number of hydrogen-bond acceptors (Lipinski definition) is 4. The first kappa shape index (κ1) is 13.5. The lowest BCUT2D eigenvalue weighted by Crippen LogP contribution is -2.30. The van der Waals surface area contributed by atoms with Crippen molar-refractivity contribution >= 4 is 23.0 Å². The highest BCUT2D eigenvalue weighted by Gasteiger charge is 2.13. The van der Waals surface area contributed by atoms with Gasteiger partial charge in [-0.25, -0.2) is 9.78 Å². The van der Waals surface area contributed by atoms with Crippen LogP contribution in [-0.2, 0) is 6.42 Å². The molecular formula is C14H16N2O2S. The summed E-state index contributed by atoms with van der Waals surface area (Å²) in [5.41, 5.74) is 0.948. The minimum absolute atomic E-state index is 0.0765. The Bertz CT molecular complexity index is 554. The highest BCUT2D eigenvalue weighted by molar-refractivity contribution is 7.09. The summed E-state index contributed by atoms with van der Waals surface area (Å²) in [4.78, 5) is 18.2. The lowest BCUT2D eigenvalue weighted by Gasteiger charge is -2.26. The topological polar surface area (TPSA) is 53.4 Å². The van der Waals surface area contributed by atoms with Crippen LogP contribution in [0, 0.1) is 0 Å². The summed E-state index contributed by atoms with van der Waals surface area (Å²) >= 11 is 1.74. The van der Waals surface area contributed by atoms with Crippen molar-refractivity contribution in [1.29, 1.82) is 0 Å². The standard InChI is InChI=1S/C14H16N2O2S/c1-10(8-12-4-3-7-19-12)16(2)11-5-6-15-13(9-11)14(17)18/h3-7,9-10H,8H2,1-2H3,(H,17,18). The average molecular weight is 276 g/mol. The normalized spacial score (nSPS) is 12.1. The highest BCUT2D eigenvalue weighted by atomic mass is 32.1. The van der Waals surface area contributed by atoms with Crippen molar-refractivity contribution in [3.8, 4) is 0 Å². The fraction of sp³-hybridized carbons (Fsp3) is 0.286. The van der Waals surface area contributed by atoms with Crippen LogP contribution in [0.3, 0.4) is 0 Å². The third-order valence-corrected chi connectivity index (χ3v) is 4.01. The number of anilines is 1. The summed E-state index contributed by atoms with van der Waals surface area (Å²) in [6.45, 7) is 2.13. The van der Waals surface area contributed by atoms with Gasteiger partial charge in [0.15, 0.2) is 0 Å². The predicted molar refractivity (Wildman–Crippen MR) is 77.1 cm³/mol. The number of carbonyl (C=O) groups is 1. The largest absolute Gasteiger partial charge is 0.477 e. The highest BCUT2D eigenvalue weighted by Crippen LogP contribution is 2.19. The molecule has 4 nitrogen and oxygen atoms in total. The Morgan fingerprint density at radius 3 is 2.95 bits per heavy atom. The van der Waals surface area contributed by atoms with E-state index in [1.54, 1.807) is 17.4 Å². The van der Waals surface area contributed by atoms with E-state index >= 15 is 0 Å². The van der Waals surface area contributed by atoms with Gasteiger partial charge in [0.05, 0.1) is 0 Å². The number of hydrogen-bond donors (Lipinski definition) is 1. The molecule has 2 heterocycles. The minimum Gasteiger partial charge on any atom is -0.477 e. The van der Waals surface area contributed by atoms with Gasteiger partial charge >= 0.3 is 5.97 Å². The summed E-state index contributed by atoms with van der Waals surface area (Å²) in [5.74, 6) is -0.999. The second kappa shape index (κ2) is 5.84. The van der Waals surface area contributed by atoms with Gasteiger partial charge in [0.25, 0.3) is 0 Å². The summed E-state index contributed by atoms with van der Waals surface area (Å²) in [6, 6.07) is 7.89. The van der Waals surface area contributed by atoms with Crippen molar-refractivity contribution in [2.45, 2.75) is 19.4 Å². The smallest absolute Gasteiger partial charge is 0.354 e. The number of thiophene rings is 1. The van der Waals surface area contributed by atoms with Crippen molar-refractivity contribution in [2.24, 2.45) is 0 Å². The lowest BCUT2D eigenvalue weighted by atomic mass is 10.1. The van der Waals surface area contributed by atoms with Gasteiger partial charge < -0.3 is 10.0 Å². The maximum absolute atomic E-state index is 10.9.